The normalized spacial score (nSPS) is 12.9. The lowest BCUT2D eigenvalue weighted by Crippen LogP contribution is -2.31. The zero-order valence-electron chi connectivity index (χ0n) is 9.95. The molecule has 0 fully saturated rings. The number of rotatable bonds is 8. The molecule has 1 atom stereocenters. The van der Waals surface area contributed by atoms with Gasteiger partial charge in [-0.3, -0.25) is 4.68 Å². The van der Waals surface area contributed by atoms with Crippen LogP contribution in [-0.2, 0) is 11.3 Å². The van der Waals surface area contributed by atoms with Gasteiger partial charge in [0.05, 0.1) is 17.2 Å². The number of nitrogens with zero attached hydrogens (tertiary/aromatic N) is 2. The van der Waals surface area contributed by atoms with E-state index >= 15 is 0 Å². The van der Waals surface area contributed by atoms with E-state index in [-0.39, 0.29) is 0 Å². The molecule has 0 aromatic carbocycles. The van der Waals surface area contributed by atoms with Crippen LogP contribution in [0.4, 0.5) is 0 Å². The molecule has 0 saturated carbocycles. The molecule has 0 saturated heterocycles. The maximum Gasteiger partial charge on any atom is 0.0632 e. The monoisotopic (exact) mass is 289 g/mol. The van der Waals surface area contributed by atoms with Crippen molar-refractivity contribution in [3.63, 3.8) is 0 Å². The van der Waals surface area contributed by atoms with Gasteiger partial charge in [0, 0.05) is 26.0 Å². The Bertz CT molecular complexity index is 291. The van der Waals surface area contributed by atoms with Crippen LogP contribution in [0.1, 0.15) is 19.8 Å². The Hall–Kier alpha value is -0.390. The van der Waals surface area contributed by atoms with Gasteiger partial charge in [-0.15, -0.1) is 0 Å². The first-order valence-electron chi connectivity index (χ1n) is 5.62. The van der Waals surface area contributed by atoms with Crippen molar-refractivity contribution in [2.75, 3.05) is 20.3 Å². The third kappa shape index (κ3) is 5.63. The van der Waals surface area contributed by atoms with Crippen molar-refractivity contribution in [2.45, 2.75) is 32.4 Å². The van der Waals surface area contributed by atoms with E-state index < -0.39 is 0 Å². The molecule has 0 radical (unpaired) electrons. The molecule has 1 heterocycles. The molecule has 1 aromatic rings. The van der Waals surface area contributed by atoms with E-state index in [1.807, 2.05) is 17.1 Å². The van der Waals surface area contributed by atoms with Crippen LogP contribution in [0, 0.1) is 0 Å². The lowest BCUT2D eigenvalue weighted by molar-refractivity contribution is 0.192. The van der Waals surface area contributed by atoms with E-state index in [9.17, 15) is 0 Å². The lowest BCUT2D eigenvalue weighted by Gasteiger charge is -2.13. The van der Waals surface area contributed by atoms with E-state index in [2.05, 4.69) is 33.3 Å². The minimum absolute atomic E-state index is 0.439. The van der Waals surface area contributed by atoms with Crippen molar-refractivity contribution >= 4 is 15.9 Å². The van der Waals surface area contributed by atoms with Gasteiger partial charge in [-0.2, -0.15) is 5.10 Å². The summed E-state index contributed by atoms with van der Waals surface area (Å²) in [5, 5.41) is 7.69. The maximum absolute atomic E-state index is 5.00. The predicted molar refractivity (Wildman–Crippen MR) is 68.5 cm³/mol. The molecule has 92 valence electrons. The van der Waals surface area contributed by atoms with Gasteiger partial charge in [0.15, 0.2) is 0 Å². The summed E-state index contributed by atoms with van der Waals surface area (Å²) in [5.41, 5.74) is 0. The molecule has 0 aliphatic rings. The Morgan fingerprint density at radius 3 is 3.00 bits per heavy atom. The largest absolute Gasteiger partial charge is 0.385 e. The second kappa shape index (κ2) is 7.81. The van der Waals surface area contributed by atoms with Crippen molar-refractivity contribution in [1.29, 1.82) is 0 Å². The van der Waals surface area contributed by atoms with E-state index in [1.54, 1.807) is 7.11 Å². The molecule has 1 unspecified atom stereocenters. The predicted octanol–water partition coefficient (Wildman–Crippen LogP) is 2.05. The third-order valence-corrected chi connectivity index (χ3v) is 2.74. The van der Waals surface area contributed by atoms with Gasteiger partial charge in [-0.25, -0.2) is 0 Å². The fourth-order valence-electron chi connectivity index (χ4n) is 1.50. The minimum Gasteiger partial charge on any atom is -0.385 e. The van der Waals surface area contributed by atoms with Gasteiger partial charge in [-0.1, -0.05) is 0 Å². The summed E-state index contributed by atoms with van der Waals surface area (Å²) in [7, 11) is 1.74. The number of methoxy groups -OCH3 is 1. The number of unbranched alkanes of at least 4 members (excludes halogenated alkanes) is 1. The molecule has 1 aromatic heterocycles. The highest BCUT2D eigenvalue weighted by Crippen LogP contribution is 2.06. The quantitative estimate of drug-likeness (QED) is 0.745. The van der Waals surface area contributed by atoms with E-state index in [1.165, 1.54) is 0 Å². The number of halogens is 1. The Labute approximate surface area is 105 Å². The number of ether oxygens (including phenoxy) is 1. The van der Waals surface area contributed by atoms with Crippen LogP contribution in [0.5, 0.6) is 0 Å². The summed E-state index contributed by atoms with van der Waals surface area (Å²) in [4.78, 5) is 0. The smallest absolute Gasteiger partial charge is 0.0632 e. The highest BCUT2D eigenvalue weighted by molar-refractivity contribution is 9.10. The standard InChI is InChI=1S/C11H20BrN3O/c1-10(13-5-3-4-6-16-2)8-15-9-11(12)7-14-15/h7,9-10,13H,3-6,8H2,1-2H3. The van der Waals surface area contributed by atoms with Crippen LogP contribution < -0.4 is 5.32 Å². The van der Waals surface area contributed by atoms with Gasteiger partial charge in [0.1, 0.15) is 0 Å². The first-order chi connectivity index (χ1) is 7.72. The van der Waals surface area contributed by atoms with Crippen LogP contribution in [0.15, 0.2) is 16.9 Å². The highest BCUT2D eigenvalue weighted by Gasteiger charge is 2.02. The Morgan fingerprint density at radius 2 is 2.38 bits per heavy atom. The molecule has 1 N–H and O–H groups in total. The van der Waals surface area contributed by atoms with Gasteiger partial charge in [-0.05, 0) is 42.2 Å². The third-order valence-electron chi connectivity index (χ3n) is 2.33. The summed E-state index contributed by atoms with van der Waals surface area (Å²) in [6, 6.07) is 0.439. The minimum atomic E-state index is 0.439. The average Bonchev–Trinajstić information content (AvgIpc) is 2.63. The zero-order valence-corrected chi connectivity index (χ0v) is 11.5. The second-order valence-electron chi connectivity index (χ2n) is 3.94. The SMILES string of the molecule is COCCCCNC(C)Cn1cc(Br)cn1. The molecule has 1 rings (SSSR count). The summed E-state index contributed by atoms with van der Waals surface area (Å²) >= 11 is 3.39. The van der Waals surface area contributed by atoms with Crippen molar-refractivity contribution in [1.82, 2.24) is 15.1 Å². The fourth-order valence-corrected chi connectivity index (χ4v) is 1.83. The Kier molecular flexibility index (Phi) is 6.68. The molecule has 4 nitrogen and oxygen atoms in total. The Morgan fingerprint density at radius 1 is 1.56 bits per heavy atom. The molecular weight excluding hydrogens is 270 g/mol. The van der Waals surface area contributed by atoms with Crippen molar-refractivity contribution in [3.05, 3.63) is 16.9 Å². The van der Waals surface area contributed by atoms with E-state index in [0.29, 0.717) is 6.04 Å². The van der Waals surface area contributed by atoms with E-state index in [0.717, 1.165) is 37.0 Å². The lowest BCUT2D eigenvalue weighted by atomic mass is 10.3. The molecule has 0 amide bonds. The summed E-state index contributed by atoms with van der Waals surface area (Å²) in [5.74, 6) is 0. The summed E-state index contributed by atoms with van der Waals surface area (Å²) < 4.78 is 7.97. The van der Waals surface area contributed by atoms with Gasteiger partial charge in [0.25, 0.3) is 0 Å². The van der Waals surface area contributed by atoms with Crippen LogP contribution >= 0.6 is 15.9 Å². The van der Waals surface area contributed by atoms with Gasteiger partial charge < -0.3 is 10.1 Å². The molecular formula is C11H20BrN3O. The van der Waals surface area contributed by atoms with Crippen molar-refractivity contribution in [3.8, 4) is 0 Å². The molecule has 16 heavy (non-hydrogen) atoms. The molecule has 0 aliphatic carbocycles. The Balaban J connectivity index is 2.09. The van der Waals surface area contributed by atoms with Crippen LogP contribution in [-0.4, -0.2) is 36.1 Å². The van der Waals surface area contributed by atoms with Crippen LogP contribution in [0.3, 0.4) is 0 Å². The first kappa shape index (κ1) is 13.7. The maximum atomic E-state index is 5.00. The van der Waals surface area contributed by atoms with E-state index in [4.69, 9.17) is 4.74 Å². The molecule has 0 spiro atoms. The number of hydrogen-bond acceptors (Lipinski definition) is 3. The number of nitrogens with one attached hydrogen (secondary N) is 1. The molecule has 5 heteroatoms. The fraction of sp³-hybridized carbons (Fsp3) is 0.727. The molecule has 0 aliphatic heterocycles. The number of hydrogen-bond donors (Lipinski definition) is 1. The summed E-state index contributed by atoms with van der Waals surface area (Å²) in [6.45, 7) is 4.96. The first-order valence-corrected chi connectivity index (χ1v) is 6.42. The van der Waals surface area contributed by atoms with Crippen molar-refractivity contribution in [2.24, 2.45) is 0 Å². The molecule has 0 bridgehead atoms. The average molecular weight is 290 g/mol. The number of aromatic nitrogens is 2. The van der Waals surface area contributed by atoms with Gasteiger partial charge >= 0.3 is 0 Å². The summed E-state index contributed by atoms with van der Waals surface area (Å²) in [6.07, 6.45) is 6.07. The highest BCUT2D eigenvalue weighted by atomic mass is 79.9. The van der Waals surface area contributed by atoms with Crippen LogP contribution in [0.25, 0.3) is 0 Å². The topological polar surface area (TPSA) is 39.1 Å². The van der Waals surface area contributed by atoms with Crippen molar-refractivity contribution < 1.29 is 4.74 Å². The zero-order chi connectivity index (χ0) is 11.8. The van der Waals surface area contributed by atoms with Crippen LogP contribution in [0.2, 0.25) is 0 Å². The van der Waals surface area contributed by atoms with Gasteiger partial charge in [0.2, 0.25) is 0 Å². The second-order valence-corrected chi connectivity index (χ2v) is 4.85.